The van der Waals surface area contributed by atoms with Crippen LogP contribution >= 0.6 is 24.0 Å². The molecule has 4 nitrogen and oxygen atoms in total. The smallest absolute Gasteiger partial charge is 0.244 e. The number of ether oxygens (including phenoxy) is 1. The van der Waals surface area contributed by atoms with Crippen LogP contribution in [0, 0.1) is 13.8 Å². The summed E-state index contributed by atoms with van der Waals surface area (Å²) in [7, 11) is 0. The van der Waals surface area contributed by atoms with Crippen molar-refractivity contribution in [2.45, 2.75) is 20.4 Å². The van der Waals surface area contributed by atoms with Gasteiger partial charge in [0.1, 0.15) is 22.4 Å². The molecular weight excluding hydrogens is 467 g/mol. The molecule has 0 saturated carbocycles. The summed E-state index contributed by atoms with van der Waals surface area (Å²) in [5.74, 6) is 1.29. The van der Waals surface area contributed by atoms with E-state index < -0.39 is 0 Å². The lowest BCUT2D eigenvalue weighted by Crippen LogP contribution is -2.04. The molecule has 3 aromatic heterocycles. The Morgan fingerprint density at radius 2 is 1.65 bits per heavy atom. The quantitative estimate of drug-likeness (QED) is 0.249. The number of furan rings is 1. The Morgan fingerprint density at radius 1 is 0.882 bits per heavy atom. The zero-order chi connectivity index (χ0) is 22.5. The number of fused-ring (bicyclic) bond motifs is 4. The number of pyridine rings is 1. The summed E-state index contributed by atoms with van der Waals surface area (Å²) < 4.78 is 14.6. The second kappa shape index (κ2) is 8.71. The van der Waals surface area contributed by atoms with E-state index in [1.165, 1.54) is 11.3 Å². The number of para-hydroxylation sites is 1. The van der Waals surface area contributed by atoms with Gasteiger partial charge in [-0.05, 0) is 61.4 Å². The molecular formula is C28H22Cl2N2O2. The minimum atomic E-state index is 0. The molecule has 3 aromatic carbocycles. The third-order valence-electron chi connectivity index (χ3n) is 6.36. The summed E-state index contributed by atoms with van der Waals surface area (Å²) in [4.78, 5) is 4.61. The summed E-state index contributed by atoms with van der Waals surface area (Å²) in [5.41, 5.74) is 6.10. The molecule has 0 spiro atoms. The fourth-order valence-electron chi connectivity index (χ4n) is 4.51. The van der Waals surface area contributed by atoms with Crippen LogP contribution in [0.3, 0.4) is 0 Å². The van der Waals surface area contributed by atoms with E-state index in [4.69, 9.17) is 20.8 Å². The number of hydrogen-bond acceptors (Lipinski definition) is 3. The minimum Gasteiger partial charge on any atom is -0.456 e. The molecule has 170 valence electrons. The van der Waals surface area contributed by atoms with E-state index in [-0.39, 0.29) is 12.4 Å². The Bertz CT molecular complexity index is 1670. The predicted octanol–water partition coefficient (Wildman–Crippen LogP) is 8.47. The first-order valence-corrected chi connectivity index (χ1v) is 11.2. The Labute approximate surface area is 208 Å². The molecule has 34 heavy (non-hydrogen) atoms. The maximum Gasteiger partial charge on any atom is 0.244 e. The van der Waals surface area contributed by atoms with Gasteiger partial charge in [-0.15, -0.1) is 12.4 Å². The Morgan fingerprint density at radius 3 is 2.50 bits per heavy atom. The standard InChI is InChI=1S/C28H21ClN2O2.ClH/c1-17-18(2)31(16-19-7-3-5-9-24(19)29)27-21(17)13-14-30-28(27)32-20-11-12-26-23(15-20)22-8-4-6-10-25(22)33-26;/h3-15H,16H2,1-2H3;1H. The van der Waals surface area contributed by atoms with E-state index in [1.807, 2.05) is 60.7 Å². The highest BCUT2D eigenvalue weighted by molar-refractivity contribution is 6.31. The molecule has 0 saturated heterocycles. The van der Waals surface area contributed by atoms with Gasteiger partial charge in [0.05, 0.1) is 0 Å². The first-order chi connectivity index (χ1) is 16.1. The van der Waals surface area contributed by atoms with Gasteiger partial charge in [-0.2, -0.15) is 0 Å². The van der Waals surface area contributed by atoms with E-state index in [2.05, 4.69) is 35.5 Å². The number of nitrogens with zero attached hydrogens (tertiary/aromatic N) is 2. The molecule has 0 bridgehead atoms. The van der Waals surface area contributed by atoms with E-state index in [9.17, 15) is 0 Å². The van der Waals surface area contributed by atoms with E-state index in [0.717, 1.165) is 49.2 Å². The fourth-order valence-corrected chi connectivity index (χ4v) is 4.71. The fraction of sp³-hybridized carbons (Fsp3) is 0.107. The molecule has 0 amide bonds. The molecule has 0 radical (unpaired) electrons. The van der Waals surface area contributed by atoms with Gasteiger partial charge in [-0.1, -0.05) is 48.0 Å². The summed E-state index contributed by atoms with van der Waals surface area (Å²) in [6.45, 7) is 4.90. The number of benzene rings is 3. The van der Waals surface area contributed by atoms with Crippen LogP contribution in [0.2, 0.25) is 5.02 Å². The van der Waals surface area contributed by atoms with Gasteiger partial charge in [0.15, 0.2) is 0 Å². The first-order valence-electron chi connectivity index (χ1n) is 10.9. The number of halogens is 2. The summed E-state index contributed by atoms with van der Waals surface area (Å²) in [6.07, 6.45) is 1.80. The second-order valence-corrected chi connectivity index (χ2v) is 8.67. The van der Waals surface area contributed by atoms with Crippen LogP contribution in [0.4, 0.5) is 0 Å². The van der Waals surface area contributed by atoms with Crippen molar-refractivity contribution in [1.29, 1.82) is 0 Å². The van der Waals surface area contributed by atoms with Crippen LogP contribution in [0.5, 0.6) is 11.6 Å². The molecule has 0 unspecified atom stereocenters. The molecule has 0 fully saturated rings. The molecule has 0 aliphatic carbocycles. The van der Waals surface area contributed by atoms with Gasteiger partial charge in [0.2, 0.25) is 5.88 Å². The topological polar surface area (TPSA) is 40.2 Å². The van der Waals surface area contributed by atoms with Crippen molar-refractivity contribution >= 4 is 56.8 Å². The summed E-state index contributed by atoms with van der Waals surface area (Å²) in [5, 5.41) is 3.96. The third kappa shape index (κ3) is 3.60. The van der Waals surface area contributed by atoms with Gasteiger partial charge in [0, 0.05) is 39.6 Å². The Kier molecular flexibility index (Phi) is 5.72. The summed E-state index contributed by atoms with van der Waals surface area (Å²) >= 11 is 6.48. The molecule has 6 rings (SSSR count). The average Bonchev–Trinajstić information content (AvgIpc) is 3.32. The van der Waals surface area contributed by atoms with E-state index >= 15 is 0 Å². The van der Waals surface area contributed by atoms with Crippen LogP contribution < -0.4 is 4.74 Å². The maximum atomic E-state index is 6.48. The van der Waals surface area contributed by atoms with Crippen molar-refractivity contribution in [3.8, 4) is 11.6 Å². The lowest BCUT2D eigenvalue weighted by molar-refractivity contribution is 0.466. The number of aromatic nitrogens is 2. The van der Waals surface area contributed by atoms with Crippen LogP contribution in [0.1, 0.15) is 16.8 Å². The Hall–Kier alpha value is -3.47. The average molecular weight is 489 g/mol. The zero-order valence-electron chi connectivity index (χ0n) is 18.7. The van der Waals surface area contributed by atoms with Crippen LogP contribution in [0.25, 0.3) is 32.8 Å². The van der Waals surface area contributed by atoms with Gasteiger partial charge in [-0.3, -0.25) is 0 Å². The molecule has 0 atom stereocenters. The van der Waals surface area contributed by atoms with Crippen molar-refractivity contribution in [3.63, 3.8) is 0 Å². The van der Waals surface area contributed by atoms with Crippen molar-refractivity contribution in [2.24, 2.45) is 0 Å². The normalized spacial score (nSPS) is 11.3. The molecule has 0 N–H and O–H groups in total. The largest absolute Gasteiger partial charge is 0.456 e. The van der Waals surface area contributed by atoms with Crippen LogP contribution in [-0.4, -0.2) is 9.55 Å². The number of aryl methyl sites for hydroxylation is 1. The number of rotatable bonds is 4. The zero-order valence-corrected chi connectivity index (χ0v) is 20.3. The lowest BCUT2D eigenvalue weighted by atomic mass is 10.1. The van der Waals surface area contributed by atoms with Gasteiger partial charge in [-0.25, -0.2) is 4.98 Å². The van der Waals surface area contributed by atoms with Gasteiger partial charge >= 0.3 is 0 Å². The number of hydrogen-bond donors (Lipinski definition) is 0. The van der Waals surface area contributed by atoms with E-state index in [1.54, 1.807) is 6.20 Å². The van der Waals surface area contributed by atoms with Crippen molar-refractivity contribution in [2.75, 3.05) is 0 Å². The van der Waals surface area contributed by atoms with Crippen LogP contribution in [0.15, 0.2) is 83.4 Å². The first kappa shape index (κ1) is 22.3. The maximum absolute atomic E-state index is 6.48. The molecule has 6 aromatic rings. The van der Waals surface area contributed by atoms with Crippen molar-refractivity contribution in [3.05, 3.63) is 101 Å². The monoisotopic (exact) mass is 488 g/mol. The van der Waals surface area contributed by atoms with E-state index in [0.29, 0.717) is 12.4 Å². The highest BCUT2D eigenvalue weighted by Gasteiger charge is 2.18. The van der Waals surface area contributed by atoms with Crippen molar-refractivity contribution < 1.29 is 9.15 Å². The summed E-state index contributed by atoms with van der Waals surface area (Å²) in [6, 6.07) is 23.9. The highest BCUT2D eigenvalue weighted by Crippen LogP contribution is 2.36. The van der Waals surface area contributed by atoms with Crippen LogP contribution in [-0.2, 0) is 6.54 Å². The molecule has 0 aliphatic heterocycles. The molecule has 6 heteroatoms. The lowest BCUT2D eigenvalue weighted by Gasteiger charge is -2.13. The Balaban J connectivity index is 0.00000241. The second-order valence-electron chi connectivity index (χ2n) is 8.26. The molecule has 0 aliphatic rings. The van der Waals surface area contributed by atoms with Gasteiger partial charge in [0.25, 0.3) is 0 Å². The predicted molar refractivity (Wildman–Crippen MR) is 141 cm³/mol. The van der Waals surface area contributed by atoms with Crippen molar-refractivity contribution in [1.82, 2.24) is 9.55 Å². The highest BCUT2D eigenvalue weighted by atomic mass is 35.5. The third-order valence-corrected chi connectivity index (χ3v) is 6.73. The van der Waals surface area contributed by atoms with Gasteiger partial charge < -0.3 is 13.7 Å². The SMILES string of the molecule is Cc1c(C)n(Cc2ccccc2Cl)c2c(Oc3ccc4oc5ccccc5c4c3)nccc12.Cl. The minimum absolute atomic E-state index is 0. The molecule has 3 heterocycles.